The Morgan fingerprint density at radius 1 is 0.737 bits per heavy atom. The summed E-state index contributed by atoms with van der Waals surface area (Å²) in [7, 11) is 0. The first-order valence-electron chi connectivity index (χ1n) is 6.51. The van der Waals surface area contributed by atoms with Crippen molar-refractivity contribution in [1.29, 1.82) is 0 Å². The van der Waals surface area contributed by atoms with Crippen LogP contribution >= 0.6 is 0 Å². The third kappa shape index (κ3) is 2.23. The van der Waals surface area contributed by atoms with Gasteiger partial charge in [0.1, 0.15) is 5.75 Å². The number of benzene rings is 1. The molecule has 5 nitrogen and oxygen atoms in total. The molecular formula is C14H20O5. The molecule has 1 fully saturated rings. The summed E-state index contributed by atoms with van der Waals surface area (Å²) in [5.41, 5.74) is 2.29. The number of hydrogen-bond donors (Lipinski definition) is 5. The Kier molecular flexibility index (Phi) is 4.42. The topological polar surface area (TPSA) is 101 Å². The van der Waals surface area contributed by atoms with Crippen molar-refractivity contribution in [3.8, 4) is 5.75 Å². The zero-order valence-electron chi connectivity index (χ0n) is 10.8. The summed E-state index contributed by atoms with van der Waals surface area (Å²) >= 11 is 0. The van der Waals surface area contributed by atoms with Gasteiger partial charge in [-0.2, -0.15) is 0 Å². The minimum atomic E-state index is -0.403. The zero-order chi connectivity index (χ0) is 14.0. The molecule has 0 aromatic heterocycles. The Hall–Kier alpha value is -1.14. The van der Waals surface area contributed by atoms with E-state index in [1.54, 1.807) is 0 Å². The molecule has 0 atom stereocenters. The quantitative estimate of drug-likeness (QED) is 0.539. The van der Waals surface area contributed by atoms with Gasteiger partial charge in [-0.1, -0.05) is 6.42 Å². The Bertz CT molecular complexity index is 432. The molecule has 1 aromatic carbocycles. The Morgan fingerprint density at radius 3 is 1.42 bits per heavy atom. The van der Waals surface area contributed by atoms with Gasteiger partial charge in [0.2, 0.25) is 0 Å². The van der Waals surface area contributed by atoms with Crippen LogP contribution in [0.3, 0.4) is 0 Å². The number of rotatable bonds is 5. The van der Waals surface area contributed by atoms with Crippen LogP contribution in [-0.2, 0) is 26.4 Å². The average molecular weight is 268 g/mol. The number of hydrogen-bond acceptors (Lipinski definition) is 5. The van der Waals surface area contributed by atoms with Gasteiger partial charge in [0.15, 0.2) is 0 Å². The van der Waals surface area contributed by atoms with Crippen molar-refractivity contribution in [1.82, 2.24) is 0 Å². The zero-order valence-corrected chi connectivity index (χ0v) is 10.8. The molecule has 5 N–H and O–H groups in total. The van der Waals surface area contributed by atoms with Crippen LogP contribution in [0.15, 0.2) is 0 Å². The maximum absolute atomic E-state index is 10.1. The van der Waals surface area contributed by atoms with Crippen molar-refractivity contribution in [3.63, 3.8) is 0 Å². The Morgan fingerprint density at radius 2 is 1.16 bits per heavy atom. The molecule has 0 aliphatic heterocycles. The SMILES string of the molecule is OCc1c(O)c(CO)c(CO)c(C2CCC2)c1CO. The van der Waals surface area contributed by atoms with Crippen LogP contribution in [0.4, 0.5) is 0 Å². The lowest BCUT2D eigenvalue weighted by atomic mass is 9.74. The molecule has 0 amide bonds. The molecule has 0 bridgehead atoms. The maximum Gasteiger partial charge on any atom is 0.127 e. The monoisotopic (exact) mass is 268 g/mol. The van der Waals surface area contributed by atoms with Crippen LogP contribution in [0.5, 0.6) is 5.75 Å². The summed E-state index contributed by atoms with van der Waals surface area (Å²) in [6, 6.07) is 0. The van der Waals surface area contributed by atoms with E-state index in [4.69, 9.17) is 0 Å². The first-order chi connectivity index (χ1) is 9.19. The van der Waals surface area contributed by atoms with Gasteiger partial charge >= 0.3 is 0 Å². The fourth-order valence-corrected chi connectivity index (χ4v) is 2.87. The minimum Gasteiger partial charge on any atom is -0.507 e. The van der Waals surface area contributed by atoms with Gasteiger partial charge in [-0.3, -0.25) is 0 Å². The first kappa shape index (κ1) is 14.3. The van der Waals surface area contributed by atoms with Gasteiger partial charge in [-0.05, 0) is 35.4 Å². The Labute approximate surface area is 111 Å². The third-order valence-electron chi connectivity index (χ3n) is 4.10. The maximum atomic E-state index is 10.1. The van der Waals surface area contributed by atoms with E-state index in [-0.39, 0.29) is 36.0 Å². The second-order valence-electron chi connectivity index (χ2n) is 4.94. The highest BCUT2D eigenvalue weighted by molar-refractivity contribution is 5.56. The summed E-state index contributed by atoms with van der Waals surface area (Å²) in [6.45, 7) is -1.40. The highest BCUT2D eigenvalue weighted by Gasteiger charge is 2.29. The average Bonchev–Trinajstić information content (AvgIpc) is 2.37. The van der Waals surface area contributed by atoms with Crippen LogP contribution in [0, 0.1) is 0 Å². The van der Waals surface area contributed by atoms with Crippen molar-refractivity contribution < 1.29 is 25.5 Å². The normalized spacial score (nSPS) is 15.6. The van der Waals surface area contributed by atoms with E-state index >= 15 is 0 Å². The highest BCUT2D eigenvalue weighted by Crippen LogP contribution is 2.44. The molecule has 5 heteroatoms. The van der Waals surface area contributed by atoms with Crippen molar-refractivity contribution in [2.75, 3.05) is 0 Å². The summed E-state index contributed by atoms with van der Waals surface area (Å²) in [4.78, 5) is 0. The molecule has 0 spiro atoms. The summed E-state index contributed by atoms with van der Waals surface area (Å²) in [6.07, 6.45) is 3.01. The molecule has 0 saturated heterocycles. The second kappa shape index (κ2) is 5.88. The molecule has 1 aliphatic carbocycles. The molecule has 1 saturated carbocycles. The van der Waals surface area contributed by atoms with Crippen LogP contribution in [0.2, 0.25) is 0 Å². The van der Waals surface area contributed by atoms with Crippen molar-refractivity contribution >= 4 is 0 Å². The number of aliphatic hydroxyl groups is 4. The highest BCUT2D eigenvalue weighted by atomic mass is 16.3. The molecule has 0 unspecified atom stereocenters. The number of aromatic hydroxyl groups is 1. The fraction of sp³-hybridized carbons (Fsp3) is 0.571. The predicted molar refractivity (Wildman–Crippen MR) is 68.4 cm³/mol. The molecule has 0 radical (unpaired) electrons. The van der Waals surface area contributed by atoms with Crippen molar-refractivity contribution in [3.05, 3.63) is 27.8 Å². The van der Waals surface area contributed by atoms with Crippen molar-refractivity contribution in [2.24, 2.45) is 0 Å². The van der Waals surface area contributed by atoms with E-state index in [1.807, 2.05) is 0 Å². The molecular weight excluding hydrogens is 248 g/mol. The second-order valence-corrected chi connectivity index (χ2v) is 4.94. The first-order valence-corrected chi connectivity index (χ1v) is 6.51. The minimum absolute atomic E-state index is 0.221. The van der Waals surface area contributed by atoms with Crippen LogP contribution in [0.25, 0.3) is 0 Å². The molecule has 106 valence electrons. The predicted octanol–water partition coefficient (Wildman–Crippen LogP) is 0.629. The van der Waals surface area contributed by atoms with Gasteiger partial charge in [0, 0.05) is 11.1 Å². The Balaban J connectivity index is 2.72. The number of phenols is 1. The van der Waals surface area contributed by atoms with Crippen LogP contribution in [0.1, 0.15) is 53.0 Å². The van der Waals surface area contributed by atoms with Gasteiger partial charge in [-0.25, -0.2) is 0 Å². The standard InChI is InChI=1S/C14H20O5/c15-4-9-11(6-17)14(19)12(7-18)10(5-16)13(9)8-2-1-3-8/h8,15-19H,1-7H2. The van der Waals surface area contributed by atoms with Gasteiger partial charge in [-0.15, -0.1) is 0 Å². The lowest BCUT2D eigenvalue weighted by molar-refractivity contribution is 0.235. The lowest BCUT2D eigenvalue weighted by Gasteiger charge is -2.32. The molecule has 2 rings (SSSR count). The summed E-state index contributed by atoms with van der Waals surface area (Å²) in [5.74, 6) is 0.00155. The van der Waals surface area contributed by atoms with Gasteiger partial charge in [0.05, 0.1) is 26.4 Å². The third-order valence-corrected chi connectivity index (χ3v) is 4.10. The van der Waals surface area contributed by atoms with E-state index in [9.17, 15) is 25.5 Å². The van der Waals surface area contributed by atoms with E-state index in [1.165, 1.54) is 0 Å². The fourth-order valence-electron chi connectivity index (χ4n) is 2.87. The summed E-state index contributed by atoms with van der Waals surface area (Å²) in [5, 5.41) is 47.9. The van der Waals surface area contributed by atoms with Gasteiger partial charge < -0.3 is 25.5 Å². The molecule has 1 aromatic rings. The van der Waals surface area contributed by atoms with E-state index in [0.717, 1.165) is 24.8 Å². The summed E-state index contributed by atoms with van der Waals surface area (Å²) < 4.78 is 0. The van der Waals surface area contributed by atoms with Gasteiger partial charge in [0.25, 0.3) is 0 Å². The molecule has 0 heterocycles. The largest absolute Gasteiger partial charge is 0.507 e. The van der Waals surface area contributed by atoms with E-state index in [0.29, 0.717) is 11.1 Å². The van der Waals surface area contributed by atoms with Crippen LogP contribution < -0.4 is 0 Å². The lowest BCUT2D eigenvalue weighted by Crippen LogP contribution is -2.18. The smallest absolute Gasteiger partial charge is 0.127 e. The molecule has 1 aliphatic rings. The van der Waals surface area contributed by atoms with E-state index < -0.39 is 13.2 Å². The van der Waals surface area contributed by atoms with Crippen molar-refractivity contribution in [2.45, 2.75) is 51.6 Å². The van der Waals surface area contributed by atoms with Crippen LogP contribution in [-0.4, -0.2) is 25.5 Å². The van der Waals surface area contributed by atoms with E-state index in [2.05, 4.69) is 0 Å². The number of aliphatic hydroxyl groups excluding tert-OH is 4. The molecule has 19 heavy (non-hydrogen) atoms.